The van der Waals surface area contributed by atoms with E-state index in [0.717, 1.165) is 0 Å². The third-order valence-corrected chi connectivity index (χ3v) is 1.95. The molecule has 1 rings (SSSR count). The summed E-state index contributed by atoms with van der Waals surface area (Å²) in [6.45, 7) is 4.88. The molecule has 12 heavy (non-hydrogen) atoms. The van der Waals surface area contributed by atoms with Gasteiger partial charge in [-0.1, -0.05) is 13.8 Å². The molecule has 0 bridgehead atoms. The zero-order valence-electron chi connectivity index (χ0n) is 7.87. The van der Waals surface area contributed by atoms with Gasteiger partial charge in [0.2, 0.25) is 0 Å². The van der Waals surface area contributed by atoms with E-state index in [-0.39, 0.29) is 18.0 Å². The summed E-state index contributed by atoms with van der Waals surface area (Å²) >= 11 is 0. The van der Waals surface area contributed by atoms with Crippen molar-refractivity contribution in [2.45, 2.75) is 32.5 Å². The molecule has 70 valence electrons. The Morgan fingerprint density at radius 3 is 2.67 bits per heavy atom. The van der Waals surface area contributed by atoms with E-state index in [4.69, 9.17) is 9.47 Å². The molecular formula is C9H16O3. The van der Waals surface area contributed by atoms with Gasteiger partial charge >= 0.3 is 0 Å². The van der Waals surface area contributed by atoms with Crippen molar-refractivity contribution in [3.63, 3.8) is 0 Å². The minimum absolute atomic E-state index is 0.00454. The van der Waals surface area contributed by atoms with E-state index in [1.807, 2.05) is 0 Å². The number of carbonyl (C=O) groups excluding carboxylic acids is 1. The summed E-state index contributed by atoms with van der Waals surface area (Å²) in [5.41, 5.74) is 0. The lowest BCUT2D eigenvalue weighted by molar-refractivity contribution is -0.162. The molecule has 0 spiro atoms. The lowest BCUT2D eigenvalue weighted by Gasteiger charge is -2.33. The number of hydrogen-bond acceptors (Lipinski definition) is 3. The molecule has 0 heterocycles. The molecule has 0 aromatic rings. The molecule has 0 aromatic heterocycles. The Balaban J connectivity index is 2.22. The van der Waals surface area contributed by atoms with Crippen LogP contribution in [0.4, 0.5) is 0 Å². The summed E-state index contributed by atoms with van der Waals surface area (Å²) in [6, 6.07) is 0. The van der Waals surface area contributed by atoms with Crippen molar-refractivity contribution in [2.75, 3.05) is 13.7 Å². The number of ketones is 1. The standard InChI is InChI=1S/C9H16O3/c1-6(2)5-12-8-4-7(10)9(8)11-3/h6,8-9H,4-5H2,1-3H3. The van der Waals surface area contributed by atoms with Crippen molar-refractivity contribution in [1.29, 1.82) is 0 Å². The summed E-state index contributed by atoms with van der Waals surface area (Å²) in [6.07, 6.45) is 0.222. The van der Waals surface area contributed by atoms with E-state index in [0.29, 0.717) is 18.9 Å². The summed E-state index contributed by atoms with van der Waals surface area (Å²) < 4.78 is 10.4. The van der Waals surface area contributed by atoms with Crippen LogP contribution in [-0.2, 0) is 14.3 Å². The number of methoxy groups -OCH3 is 1. The lowest BCUT2D eigenvalue weighted by Crippen LogP contribution is -2.50. The monoisotopic (exact) mass is 172 g/mol. The van der Waals surface area contributed by atoms with Crippen molar-refractivity contribution in [3.05, 3.63) is 0 Å². The average molecular weight is 172 g/mol. The van der Waals surface area contributed by atoms with Crippen LogP contribution in [-0.4, -0.2) is 31.7 Å². The Labute approximate surface area is 73.0 Å². The van der Waals surface area contributed by atoms with Gasteiger partial charge in [0.15, 0.2) is 5.78 Å². The van der Waals surface area contributed by atoms with Crippen LogP contribution in [0.5, 0.6) is 0 Å². The zero-order valence-corrected chi connectivity index (χ0v) is 7.87. The fourth-order valence-electron chi connectivity index (χ4n) is 1.21. The van der Waals surface area contributed by atoms with E-state index >= 15 is 0 Å². The molecular weight excluding hydrogens is 156 g/mol. The minimum atomic E-state index is -0.302. The van der Waals surface area contributed by atoms with E-state index in [1.165, 1.54) is 0 Å². The predicted molar refractivity (Wildman–Crippen MR) is 45.0 cm³/mol. The molecule has 0 N–H and O–H groups in total. The van der Waals surface area contributed by atoms with Crippen LogP contribution in [0.15, 0.2) is 0 Å². The second kappa shape index (κ2) is 4.01. The van der Waals surface area contributed by atoms with Crippen molar-refractivity contribution in [3.8, 4) is 0 Å². The fourth-order valence-corrected chi connectivity index (χ4v) is 1.21. The van der Waals surface area contributed by atoms with Gasteiger partial charge in [0.25, 0.3) is 0 Å². The first-order valence-corrected chi connectivity index (χ1v) is 4.32. The van der Waals surface area contributed by atoms with E-state index in [1.54, 1.807) is 7.11 Å². The first-order chi connectivity index (χ1) is 5.65. The number of carbonyl (C=O) groups is 1. The maximum absolute atomic E-state index is 10.9. The van der Waals surface area contributed by atoms with Gasteiger partial charge in [-0.15, -0.1) is 0 Å². The Morgan fingerprint density at radius 2 is 2.25 bits per heavy atom. The van der Waals surface area contributed by atoms with Gasteiger partial charge in [-0.2, -0.15) is 0 Å². The van der Waals surface area contributed by atoms with Crippen LogP contribution in [0.1, 0.15) is 20.3 Å². The van der Waals surface area contributed by atoms with Crippen LogP contribution >= 0.6 is 0 Å². The van der Waals surface area contributed by atoms with E-state index < -0.39 is 0 Å². The van der Waals surface area contributed by atoms with Crippen LogP contribution in [0.25, 0.3) is 0 Å². The SMILES string of the molecule is COC1C(=O)CC1OCC(C)C. The van der Waals surface area contributed by atoms with Crippen molar-refractivity contribution in [1.82, 2.24) is 0 Å². The van der Waals surface area contributed by atoms with Crippen molar-refractivity contribution in [2.24, 2.45) is 5.92 Å². The zero-order chi connectivity index (χ0) is 9.14. The summed E-state index contributed by atoms with van der Waals surface area (Å²) in [4.78, 5) is 10.9. The highest BCUT2D eigenvalue weighted by molar-refractivity contribution is 5.90. The maximum Gasteiger partial charge on any atom is 0.166 e. The lowest BCUT2D eigenvalue weighted by atomic mass is 9.90. The highest BCUT2D eigenvalue weighted by atomic mass is 16.5. The summed E-state index contributed by atoms with van der Waals surface area (Å²) in [5, 5.41) is 0. The highest BCUT2D eigenvalue weighted by Gasteiger charge is 2.40. The smallest absolute Gasteiger partial charge is 0.166 e. The molecule has 1 saturated carbocycles. The molecule has 2 unspecified atom stereocenters. The molecule has 0 amide bonds. The molecule has 0 saturated heterocycles. The van der Waals surface area contributed by atoms with Crippen LogP contribution in [0.2, 0.25) is 0 Å². The first-order valence-electron chi connectivity index (χ1n) is 4.32. The Hall–Kier alpha value is -0.410. The summed E-state index contributed by atoms with van der Waals surface area (Å²) in [5.74, 6) is 0.671. The van der Waals surface area contributed by atoms with Gasteiger partial charge in [-0.05, 0) is 5.92 Å². The molecule has 0 aliphatic heterocycles. The molecule has 1 fully saturated rings. The second-order valence-corrected chi connectivity index (χ2v) is 3.59. The van der Waals surface area contributed by atoms with Gasteiger partial charge in [0, 0.05) is 20.1 Å². The average Bonchev–Trinajstić information content (AvgIpc) is 1.97. The topological polar surface area (TPSA) is 35.5 Å². The number of ether oxygens (including phenoxy) is 2. The minimum Gasteiger partial charge on any atom is -0.374 e. The Bertz CT molecular complexity index is 165. The first kappa shape index (κ1) is 9.68. The van der Waals surface area contributed by atoms with Crippen molar-refractivity contribution >= 4 is 5.78 Å². The fraction of sp³-hybridized carbons (Fsp3) is 0.889. The van der Waals surface area contributed by atoms with E-state index in [9.17, 15) is 4.79 Å². The molecule has 3 nitrogen and oxygen atoms in total. The normalized spacial score (nSPS) is 29.2. The van der Waals surface area contributed by atoms with Crippen LogP contribution in [0, 0.1) is 5.92 Å². The number of rotatable bonds is 4. The molecule has 1 aliphatic carbocycles. The van der Waals surface area contributed by atoms with Gasteiger partial charge < -0.3 is 9.47 Å². The van der Waals surface area contributed by atoms with Gasteiger partial charge in [0.1, 0.15) is 6.10 Å². The molecule has 0 radical (unpaired) electrons. The maximum atomic E-state index is 10.9. The largest absolute Gasteiger partial charge is 0.374 e. The number of hydrogen-bond donors (Lipinski definition) is 0. The number of Topliss-reactive ketones (excluding diaryl/α,β-unsaturated/α-hetero) is 1. The Kier molecular flexibility index (Phi) is 3.23. The quantitative estimate of drug-likeness (QED) is 0.635. The molecule has 1 aliphatic rings. The molecule has 2 atom stereocenters. The molecule has 3 heteroatoms. The second-order valence-electron chi connectivity index (χ2n) is 3.59. The third kappa shape index (κ3) is 2.05. The van der Waals surface area contributed by atoms with Gasteiger partial charge in [-0.3, -0.25) is 4.79 Å². The highest BCUT2D eigenvalue weighted by Crippen LogP contribution is 2.22. The van der Waals surface area contributed by atoms with Crippen LogP contribution < -0.4 is 0 Å². The van der Waals surface area contributed by atoms with Gasteiger partial charge in [-0.25, -0.2) is 0 Å². The van der Waals surface area contributed by atoms with E-state index in [2.05, 4.69) is 13.8 Å². The molecule has 0 aromatic carbocycles. The van der Waals surface area contributed by atoms with Crippen LogP contribution in [0.3, 0.4) is 0 Å². The Morgan fingerprint density at radius 1 is 1.58 bits per heavy atom. The third-order valence-electron chi connectivity index (χ3n) is 1.95. The predicted octanol–water partition coefficient (Wildman–Crippen LogP) is 1.02. The summed E-state index contributed by atoms with van der Waals surface area (Å²) in [7, 11) is 1.55. The van der Waals surface area contributed by atoms with Crippen molar-refractivity contribution < 1.29 is 14.3 Å². The van der Waals surface area contributed by atoms with Gasteiger partial charge in [0.05, 0.1) is 6.10 Å².